The summed E-state index contributed by atoms with van der Waals surface area (Å²) in [4.78, 5) is 26.3. The van der Waals surface area contributed by atoms with Gasteiger partial charge in [-0.3, -0.25) is 5.32 Å². The zero-order valence-electron chi connectivity index (χ0n) is 20.9. The molecule has 1 atom stereocenters. The summed E-state index contributed by atoms with van der Waals surface area (Å²) in [5, 5.41) is 15.4. The highest BCUT2D eigenvalue weighted by atomic mass is 32.1. The highest BCUT2D eigenvalue weighted by Crippen LogP contribution is 2.39. The zero-order valence-corrected chi connectivity index (χ0v) is 21.7. The van der Waals surface area contributed by atoms with Crippen molar-refractivity contribution in [3.05, 3.63) is 34.9 Å². The molecule has 2 aromatic rings. The molecular weight excluding hydrogens is 510 g/mol. The smallest absolute Gasteiger partial charge is 0.469 e. The molecule has 0 aliphatic carbocycles. The molecule has 0 spiro atoms. The fourth-order valence-electron chi connectivity index (χ4n) is 3.88. The van der Waals surface area contributed by atoms with E-state index in [4.69, 9.17) is 9.47 Å². The van der Waals surface area contributed by atoms with Gasteiger partial charge in [-0.1, -0.05) is 6.42 Å². The van der Waals surface area contributed by atoms with Gasteiger partial charge in [0.15, 0.2) is 5.00 Å². The molecule has 1 aromatic carbocycles. The second-order valence-electron chi connectivity index (χ2n) is 8.74. The van der Waals surface area contributed by atoms with Crippen LogP contribution in [0.1, 0.15) is 43.2 Å². The van der Waals surface area contributed by atoms with Crippen LogP contribution < -0.4 is 20.1 Å². The maximum absolute atomic E-state index is 14.1. The number of aliphatic hydroxyl groups excluding tert-OH is 1. The summed E-state index contributed by atoms with van der Waals surface area (Å²) in [5.74, 6) is -2.08. The van der Waals surface area contributed by atoms with E-state index in [1.165, 1.54) is 18.6 Å². The van der Waals surface area contributed by atoms with Gasteiger partial charge in [-0.05, 0) is 74.9 Å². The molecule has 3 rings (SSSR count). The Bertz CT molecular complexity index is 1040. The van der Waals surface area contributed by atoms with E-state index in [-0.39, 0.29) is 22.2 Å². The number of methoxy groups -OCH3 is 1. The lowest BCUT2D eigenvalue weighted by atomic mass is 10.1. The molecule has 0 bridgehead atoms. The van der Waals surface area contributed by atoms with Gasteiger partial charge in [-0.2, -0.15) is 0 Å². The molecule has 10 nitrogen and oxygen atoms in total. The number of aryl methyl sites for hydroxylation is 1. The van der Waals surface area contributed by atoms with E-state index in [1.54, 1.807) is 6.92 Å². The maximum Gasteiger partial charge on any atom is 0.513 e. The monoisotopic (exact) mass is 542 g/mol. The SMILES string of the molecule is COC(=O)Oc1c(OCc2c(F)cc(C)cc2F)nsc1NC(=O)NCCCC(O)CN1CCCCC1. The van der Waals surface area contributed by atoms with Gasteiger partial charge >= 0.3 is 12.2 Å². The fourth-order valence-corrected chi connectivity index (χ4v) is 4.54. The molecule has 13 heteroatoms. The summed E-state index contributed by atoms with van der Waals surface area (Å²) >= 11 is 0.754. The first-order valence-electron chi connectivity index (χ1n) is 12.0. The number of likely N-dealkylation sites (tertiary alicyclic amines) is 1. The topological polar surface area (TPSA) is 122 Å². The summed E-state index contributed by atoms with van der Waals surface area (Å²) in [6.07, 6.45) is 3.09. The number of carbonyl (C=O) groups excluding carboxylic acids is 2. The summed E-state index contributed by atoms with van der Waals surface area (Å²) < 4.78 is 47.2. The molecule has 0 radical (unpaired) electrons. The van der Waals surface area contributed by atoms with Crippen LogP contribution >= 0.6 is 11.5 Å². The van der Waals surface area contributed by atoms with Gasteiger partial charge in [-0.15, -0.1) is 4.37 Å². The van der Waals surface area contributed by atoms with Crippen LogP contribution in [0.4, 0.5) is 23.4 Å². The molecule has 2 amide bonds. The minimum atomic E-state index is -1.09. The number of carbonyl (C=O) groups is 2. The van der Waals surface area contributed by atoms with E-state index < -0.39 is 36.5 Å². The predicted octanol–water partition coefficient (Wildman–Crippen LogP) is 4.20. The van der Waals surface area contributed by atoms with Gasteiger partial charge in [-0.25, -0.2) is 18.4 Å². The normalized spacial score (nSPS) is 14.6. The molecule has 0 saturated carbocycles. The largest absolute Gasteiger partial charge is 0.513 e. The number of β-amino-alcohol motifs (C(OH)–C–C–N with tert-alkyl or cyclic N) is 1. The molecular formula is C24H32F2N4O6S. The minimum Gasteiger partial charge on any atom is -0.469 e. The molecule has 3 N–H and O–H groups in total. The summed E-state index contributed by atoms with van der Waals surface area (Å²) in [7, 11) is 1.10. The Morgan fingerprint density at radius 2 is 1.92 bits per heavy atom. The van der Waals surface area contributed by atoms with E-state index in [2.05, 4.69) is 24.6 Å². The quantitative estimate of drug-likeness (QED) is 0.285. The van der Waals surface area contributed by atoms with E-state index in [0.717, 1.165) is 44.6 Å². The number of aliphatic hydroxyl groups is 1. The number of amides is 2. The van der Waals surface area contributed by atoms with Crippen LogP contribution in [-0.2, 0) is 11.3 Å². The van der Waals surface area contributed by atoms with Crippen molar-refractivity contribution in [3.8, 4) is 11.6 Å². The van der Waals surface area contributed by atoms with Gasteiger partial charge in [0.1, 0.15) is 18.2 Å². The fraction of sp³-hybridized carbons (Fsp3) is 0.542. The lowest BCUT2D eigenvalue weighted by molar-refractivity contribution is 0.0933. The minimum absolute atomic E-state index is 0.0351. The number of hydrogen-bond donors (Lipinski definition) is 3. The van der Waals surface area contributed by atoms with Crippen molar-refractivity contribution in [1.82, 2.24) is 14.6 Å². The molecule has 1 fully saturated rings. The molecule has 204 valence electrons. The zero-order chi connectivity index (χ0) is 26.8. The Hall–Kier alpha value is -3.03. The number of hydrogen-bond acceptors (Lipinski definition) is 9. The molecule has 1 aromatic heterocycles. The lowest BCUT2D eigenvalue weighted by Crippen LogP contribution is -2.37. The van der Waals surface area contributed by atoms with Crippen molar-refractivity contribution in [3.63, 3.8) is 0 Å². The van der Waals surface area contributed by atoms with Gasteiger partial charge < -0.3 is 29.5 Å². The number of benzene rings is 1. The number of nitrogens with zero attached hydrogens (tertiary/aromatic N) is 2. The van der Waals surface area contributed by atoms with Gasteiger partial charge in [0, 0.05) is 13.1 Å². The predicted molar refractivity (Wildman–Crippen MR) is 133 cm³/mol. The van der Waals surface area contributed by atoms with Crippen LogP contribution in [0.15, 0.2) is 12.1 Å². The van der Waals surface area contributed by atoms with Crippen LogP contribution in [0.2, 0.25) is 0 Å². The number of halogens is 2. The summed E-state index contributed by atoms with van der Waals surface area (Å²) in [5.41, 5.74) is 0.0912. The maximum atomic E-state index is 14.1. The van der Waals surface area contributed by atoms with Crippen LogP contribution in [0.25, 0.3) is 0 Å². The Labute approximate surface area is 218 Å². The second kappa shape index (κ2) is 14.1. The standard InChI is InChI=1S/C24H32F2N4O6S/c1-15-11-18(25)17(19(26)12-15)14-35-21-20(36-24(33)34-2)22(37-29-21)28-23(32)27-8-6-7-16(31)13-30-9-4-3-5-10-30/h11-12,16,31H,3-10,13-14H2,1-2H3,(H2,27,28,32). The van der Waals surface area contributed by atoms with Crippen LogP contribution in [-0.4, -0.2) is 66.0 Å². The van der Waals surface area contributed by atoms with E-state index in [1.807, 2.05) is 0 Å². The number of piperidine rings is 1. The van der Waals surface area contributed by atoms with Crippen molar-refractivity contribution >= 4 is 28.7 Å². The molecule has 37 heavy (non-hydrogen) atoms. The molecule has 1 unspecified atom stereocenters. The van der Waals surface area contributed by atoms with E-state index in [9.17, 15) is 23.5 Å². The highest BCUT2D eigenvalue weighted by molar-refractivity contribution is 7.11. The first-order valence-corrected chi connectivity index (χ1v) is 12.8. The molecule has 2 heterocycles. The number of nitrogens with one attached hydrogen (secondary N) is 2. The number of rotatable bonds is 11. The summed E-state index contributed by atoms with van der Waals surface area (Å²) in [6.45, 7) is 3.97. The van der Waals surface area contributed by atoms with Crippen molar-refractivity contribution < 1.29 is 37.7 Å². The Morgan fingerprint density at radius 1 is 1.22 bits per heavy atom. The van der Waals surface area contributed by atoms with Crippen molar-refractivity contribution in [2.24, 2.45) is 0 Å². The highest BCUT2D eigenvalue weighted by Gasteiger charge is 2.23. The number of aromatic nitrogens is 1. The van der Waals surface area contributed by atoms with Gasteiger partial charge in [0.05, 0.1) is 18.8 Å². The van der Waals surface area contributed by atoms with Gasteiger partial charge in [0.2, 0.25) is 5.75 Å². The van der Waals surface area contributed by atoms with Crippen molar-refractivity contribution in [2.45, 2.75) is 51.7 Å². The number of anilines is 1. The van der Waals surface area contributed by atoms with Gasteiger partial charge in [0.25, 0.3) is 5.88 Å². The lowest BCUT2D eigenvalue weighted by Gasteiger charge is -2.28. The Kier molecular flexibility index (Phi) is 10.8. The average molecular weight is 543 g/mol. The van der Waals surface area contributed by atoms with Crippen LogP contribution in [0.5, 0.6) is 11.6 Å². The van der Waals surface area contributed by atoms with Crippen LogP contribution in [0.3, 0.4) is 0 Å². The summed E-state index contributed by atoms with van der Waals surface area (Å²) in [6, 6.07) is 1.74. The third-order valence-electron chi connectivity index (χ3n) is 5.76. The Balaban J connectivity index is 1.53. The van der Waals surface area contributed by atoms with Crippen molar-refractivity contribution in [1.29, 1.82) is 0 Å². The van der Waals surface area contributed by atoms with Crippen molar-refractivity contribution in [2.75, 3.05) is 38.6 Å². The molecule has 1 aliphatic heterocycles. The van der Waals surface area contributed by atoms with E-state index >= 15 is 0 Å². The first kappa shape index (κ1) is 28.5. The number of urea groups is 1. The first-order chi connectivity index (χ1) is 17.8. The average Bonchev–Trinajstić information content (AvgIpc) is 3.22. The Morgan fingerprint density at radius 3 is 2.59 bits per heavy atom. The van der Waals surface area contributed by atoms with E-state index in [0.29, 0.717) is 31.5 Å². The third-order valence-corrected chi connectivity index (χ3v) is 6.48. The third kappa shape index (κ3) is 8.79. The molecule has 1 aliphatic rings. The molecule has 1 saturated heterocycles. The second-order valence-corrected chi connectivity index (χ2v) is 9.51. The van der Waals surface area contributed by atoms with Crippen LogP contribution in [0, 0.1) is 18.6 Å². The number of ether oxygens (including phenoxy) is 3.